The van der Waals surface area contributed by atoms with Crippen LogP contribution in [0.3, 0.4) is 0 Å². The highest BCUT2D eigenvalue weighted by molar-refractivity contribution is 5.67. The molecule has 34 heavy (non-hydrogen) atoms. The summed E-state index contributed by atoms with van der Waals surface area (Å²) in [6.45, 7) is 3.77. The highest BCUT2D eigenvalue weighted by Gasteiger charge is 2.38. The van der Waals surface area contributed by atoms with E-state index < -0.39 is 5.60 Å². The fourth-order valence-electron chi connectivity index (χ4n) is 4.12. The molecule has 0 bridgehead atoms. The number of hydrogen-bond acceptors (Lipinski definition) is 5. The number of carbonyl (C=O) groups excluding carboxylic acids is 1. The molecule has 4 rings (SSSR count). The third-order valence-corrected chi connectivity index (χ3v) is 6.06. The topological polar surface area (TPSA) is 68.2 Å². The van der Waals surface area contributed by atoms with Gasteiger partial charge in [0, 0.05) is 24.7 Å². The van der Waals surface area contributed by atoms with Crippen LogP contribution in [0.4, 0.5) is 4.79 Å². The molecule has 3 aromatic carbocycles. The summed E-state index contributed by atoms with van der Waals surface area (Å²) in [5, 5.41) is 11.5. The highest BCUT2D eigenvalue weighted by atomic mass is 16.6. The maximum atomic E-state index is 12.1. The van der Waals surface area contributed by atoms with Gasteiger partial charge in [-0.3, -0.25) is 0 Å². The molecule has 0 spiro atoms. The zero-order valence-electron chi connectivity index (χ0n) is 19.5. The number of nitrogens with zero attached hydrogens (tertiary/aromatic N) is 1. The third-order valence-electron chi connectivity index (χ3n) is 6.06. The second kappa shape index (κ2) is 11.1. The monoisotopic (exact) mass is 461 g/mol. The Kier molecular flexibility index (Phi) is 7.70. The number of amides is 1. The molecular weight excluding hydrogens is 430 g/mol. The molecule has 0 unspecified atom stereocenters. The predicted molar refractivity (Wildman–Crippen MR) is 130 cm³/mol. The van der Waals surface area contributed by atoms with E-state index in [0.717, 1.165) is 11.1 Å². The molecule has 3 aromatic rings. The molecule has 1 aliphatic heterocycles. The van der Waals surface area contributed by atoms with Gasteiger partial charge in [0.25, 0.3) is 0 Å². The molecular formula is C28H31NO5. The van der Waals surface area contributed by atoms with Crippen LogP contribution >= 0.6 is 0 Å². The molecule has 1 amide bonds. The van der Waals surface area contributed by atoms with E-state index in [4.69, 9.17) is 14.2 Å². The molecule has 1 aliphatic rings. The largest absolute Gasteiger partial charge is 0.489 e. The molecule has 0 aliphatic carbocycles. The molecule has 1 N–H and O–H groups in total. The summed E-state index contributed by atoms with van der Waals surface area (Å²) in [6, 6.07) is 25.5. The van der Waals surface area contributed by atoms with Crippen LogP contribution in [-0.4, -0.2) is 35.8 Å². The first kappa shape index (κ1) is 23.6. The lowest BCUT2D eigenvalue weighted by atomic mass is 9.84. The standard InChI is InChI=1S/C28H31NO5/c1-2-32-27(30)29-17-15-28(31,16-18-29)25-14-13-24(33-20-22-9-5-3-6-10-22)19-26(25)34-21-23-11-7-4-8-12-23/h3-14,19,31H,2,15-18,20-21H2,1H3. The van der Waals surface area contributed by atoms with E-state index in [9.17, 15) is 9.90 Å². The lowest BCUT2D eigenvalue weighted by molar-refractivity contribution is -0.0263. The van der Waals surface area contributed by atoms with Crippen LogP contribution in [0.15, 0.2) is 78.9 Å². The highest BCUT2D eigenvalue weighted by Crippen LogP contribution is 2.40. The molecule has 0 aromatic heterocycles. The number of rotatable bonds is 8. The Balaban J connectivity index is 1.53. The predicted octanol–water partition coefficient (Wildman–Crippen LogP) is 5.28. The number of aliphatic hydroxyl groups is 1. The van der Waals surface area contributed by atoms with Crippen molar-refractivity contribution in [3.05, 3.63) is 95.6 Å². The van der Waals surface area contributed by atoms with Gasteiger partial charge in [-0.15, -0.1) is 0 Å². The lowest BCUT2D eigenvalue weighted by Crippen LogP contribution is -2.45. The smallest absolute Gasteiger partial charge is 0.409 e. The van der Waals surface area contributed by atoms with Gasteiger partial charge in [0.1, 0.15) is 24.7 Å². The second-order valence-corrected chi connectivity index (χ2v) is 8.42. The SMILES string of the molecule is CCOC(=O)N1CCC(O)(c2ccc(OCc3ccccc3)cc2OCc2ccccc2)CC1. The van der Waals surface area contributed by atoms with Gasteiger partial charge in [0.05, 0.1) is 12.2 Å². The Morgan fingerprint density at radius 3 is 2.06 bits per heavy atom. The second-order valence-electron chi connectivity index (χ2n) is 8.42. The molecule has 1 saturated heterocycles. The summed E-state index contributed by atoms with van der Waals surface area (Å²) < 4.78 is 17.3. The van der Waals surface area contributed by atoms with Crippen LogP contribution in [-0.2, 0) is 23.6 Å². The molecule has 1 fully saturated rings. The molecule has 6 heteroatoms. The Bertz CT molecular complexity index is 1060. The molecule has 0 saturated carbocycles. The number of carbonyl (C=O) groups is 1. The number of ether oxygens (including phenoxy) is 3. The van der Waals surface area contributed by atoms with Crippen LogP contribution in [0.5, 0.6) is 11.5 Å². The van der Waals surface area contributed by atoms with Crippen LogP contribution in [0.1, 0.15) is 36.5 Å². The summed E-state index contributed by atoms with van der Waals surface area (Å²) in [5.74, 6) is 1.25. The van der Waals surface area contributed by atoms with Crippen molar-refractivity contribution in [1.29, 1.82) is 0 Å². The van der Waals surface area contributed by atoms with Gasteiger partial charge in [-0.05, 0) is 43.0 Å². The Morgan fingerprint density at radius 2 is 1.47 bits per heavy atom. The van der Waals surface area contributed by atoms with E-state index in [2.05, 4.69) is 0 Å². The number of benzene rings is 3. The lowest BCUT2D eigenvalue weighted by Gasteiger charge is -2.38. The van der Waals surface area contributed by atoms with Crippen LogP contribution in [0.25, 0.3) is 0 Å². The average molecular weight is 462 g/mol. The van der Waals surface area contributed by atoms with Gasteiger partial charge in [0.15, 0.2) is 0 Å². The van der Waals surface area contributed by atoms with Crippen LogP contribution in [0, 0.1) is 0 Å². The summed E-state index contributed by atoms with van der Waals surface area (Å²) in [6.07, 6.45) is 0.463. The van der Waals surface area contributed by atoms with Crippen molar-refractivity contribution in [2.45, 2.75) is 38.6 Å². The number of piperidine rings is 1. The van der Waals surface area contributed by atoms with Crippen molar-refractivity contribution >= 4 is 6.09 Å². The zero-order chi connectivity index (χ0) is 23.8. The quantitative estimate of drug-likeness (QED) is 0.494. The minimum atomic E-state index is -1.10. The Hall–Kier alpha value is -3.51. The average Bonchev–Trinajstić information content (AvgIpc) is 2.88. The normalized spacial score (nSPS) is 14.9. The molecule has 0 atom stereocenters. The van der Waals surface area contributed by atoms with Crippen molar-refractivity contribution in [2.75, 3.05) is 19.7 Å². The van der Waals surface area contributed by atoms with E-state index in [-0.39, 0.29) is 6.09 Å². The summed E-state index contributed by atoms with van der Waals surface area (Å²) >= 11 is 0. The first-order chi connectivity index (χ1) is 16.6. The minimum Gasteiger partial charge on any atom is -0.489 e. The van der Waals surface area contributed by atoms with E-state index in [1.807, 2.05) is 78.9 Å². The first-order valence-electron chi connectivity index (χ1n) is 11.7. The van der Waals surface area contributed by atoms with Crippen LogP contribution in [0.2, 0.25) is 0 Å². The maximum absolute atomic E-state index is 12.1. The Labute approximate surface area is 200 Å². The minimum absolute atomic E-state index is 0.335. The van der Waals surface area contributed by atoms with E-state index in [1.54, 1.807) is 11.8 Å². The molecule has 0 radical (unpaired) electrons. The van der Waals surface area contributed by atoms with E-state index >= 15 is 0 Å². The van der Waals surface area contributed by atoms with Gasteiger partial charge < -0.3 is 24.2 Å². The summed E-state index contributed by atoms with van der Waals surface area (Å²) in [4.78, 5) is 13.7. The van der Waals surface area contributed by atoms with Gasteiger partial charge in [-0.1, -0.05) is 60.7 Å². The van der Waals surface area contributed by atoms with Crippen molar-refractivity contribution in [2.24, 2.45) is 0 Å². The summed E-state index contributed by atoms with van der Waals surface area (Å²) in [7, 11) is 0. The molecule has 6 nitrogen and oxygen atoms in total. The fourth-order valence-corrected chi connectivity index (χ4v) is 4.12. The van der Waals surface area contributed by atoms with Crippen molar-refractivity contribution in [3.8, 4) is 11.5 Å². The maximum Gasteiger partial charge on any atom is 0.409 e. The number of likely N-dealkylation sites (tertiary alicyclic amines) is 1. The van der Waals surface area contributed by atoms with Crippen molar-refractivity contribution < 1.29 is 24.1 Å². The summed E-state index contributed by atoms with van der Waals surface area (Å²) in [5.41, 5.74) is 1.71. The van der Waals surface area contributed by atoms with Crippen LogP contribution < -0.4 is 9.47 Å². The fraction of sp³-hybridized carbons (Fsp3) is 0.321. The Morgan fingerprint density at radius 1 is 0.882 bits per heavy atom. The number of hydrogen-bond donors (Lipinski definition) is 1. The third kappa shape index (κ3) is 5.88. The molecule has 1 heterocycles. The first-order valence-corrected chi connectivity index (χ1v) is 11.7. The van der Waals surface area contributed by atoms with Crippen molar-refractivity contribution in [1.82, 2.24) is 4.90 Å². The van der Waals surface area contributed by atoms with Gasteiger partial charge in [0.2, 0.25) is 0 Å². The van der Waals surface area contributed by atoms with Crippen molar-refractivity contribution in [3.63, 3.8) is 0 Å². The van der Waals surface area contributed by atoms with E-state index in [0.29, 0.717) is 62.8 Å². The van der Waals surface area contributed by atoms with Gasteiger partial charge >= 0.3 is 6.09 Å². The molecule has 178 valence electrons. The van der Waals surface area contributed by atoms with Gasteiger partial charge in [-0.2, -0.15) is 0 Å². The van der Waals surface area contributed by atoms with E-state index in [1.165, 1.54) is 0 Å². The van der Waals surface area contributed by atoms with Gasteiger partial charge in [-0.25, -0.2) is 4.79 Å². The zero-order valence-corrected chi connectivity index (χ0v) is 19.5.